The third kappa shape index (κ3) is 3.84. The maximum atomic E-state index is 13.1. The second-order valence-corrected chi connectivity index (χ2v) is 9.65. The van der Waals surface area contributed by atoms with Crippen LogP contribution in [0.3, 0.4) is 0 Å². The number of nitrogens with zero attached hydrogens (tertiary/aromatic N) is 1. The average molecular weight is 447 g/mol. The molecule has 1 aromatic rings. The SMILES string of the molecule is Cc1ccc(NC(=O)COC(=O)[C@H](C(C)C)N2C(=O)[C@H]3[C@H]4CC[C@@H](C4)[C@@H]3C2=O)cc1Cl. The van der Waals surface area contributed by atoms with Crippen LogP contribution in [-0.2, 0) is 23.9 Å². The van der Waals surface area contributed by atoms with E-state index in [1.54, 1.807) is 32.0 Å². The highest BCUT2D eigenvalue weighted by molar-refractivity contribution is 6.31. The Morgan fingerprint density at radius 2 is 1.77 bits per heavy atom. The van der Waals surface area contributed by atoms with Crippen LogP contribution in [0, 0.1) is 36.5 Å². The van der Waals surface area contributed by atoms with Gasteiger partial charge in [0.2, 0.25) is 11.8 Å². The fraction of sp³-hybridized carbons (Fsp3) is 0.565. The molecule has 1 saturated heterocycles. The quantitative estimate of drug-likeness (QED) is 0.535. The van der Waals surface area contributed by atoms with E-state index in [1.165, 1.54) is 0 Å². The smallest absolute Gasteiger partial charge is 0.330 e. The predicted octanol–water partition coefficient (Wildman–Crippen LogP) is 3.19. The lowest BCUT2D eigenvalue weighted by molar-refractivity contribution is -0.162. The van der Waals surface area contributed by atoms with Crippen LogP contribution < -0.4 is 5.32 Å². The van der Waals surface area contributed by atoms with Gasteiger partial charge in [-0.2, -0.15) is 0 Å². The molecule has 4 rings (SSSR count). The summed E-state index contributed by atoms with van der Waals surface area (Å²) >= 11 is 6.06. The molecule has 0 aromatic heterocycles. The zero-order valence-electron chi connectivity index (χ0n) is 17.9. The highest BCUT2D eigenvalue weighted by atomic mass is 35.5. The van der Waals surface area contributed by atoms with Crippen molar-refractivity contribution in [3.63, 3.8) is 0 Å². The van der Waals surface area contributed by atoms with E-state index >= 15 is 0 Å². The fourth-order valence-electron chi connectivity index (χ4n) is 5.47. The van der Waals surface area contributed by atoms with Crippen molar-refractivity contribution in [3.8, 4) is 0 Å². The Balaban J connectivity index is 1.41. The third-order valence-electron chi connectivity index (χ3n) is 6.91. The van der Waals surface area contributed by atoms with Gasteiger partial charge in [0.1, 0.15) is 6.04 Å². The van der Waals surface area contributed by atoms with E-state index in [9.17, 15) is 19.2 Å². The molecular weight excluding hydrogens is 420 g/mol. The molecule has 0 radical (unpaired) electrons. The maximum Gasteiger partial charge on any atom is 0.330 e. The third-order valence-corrected chi connectivity index (χ3v) is 7.32. The number of imide groups is 1. The van der Waals surface area contributed by atoms with Crippen LogP contribution in [0.25, 0.3) is 0 Å². The highest BCUT2D eigenvalue weighted by Crippen LogP contribution is 2.56. The van der Waals surface area contributed by atoms with E-state index in [0.29, 0.717) is 10.7 Å². The molecule has 7 nitrogen and oxygen atoms in total. The first kappa shape index (κ1) is 21.8. The molecule has 1 heterocycles. The zero-order chi connectivity index (χ0) is 22.4. The van der Waals surface area contributed by atoms with E-state index < -0.39 is 24.5 Å². The van der Waals surface area contributed by atoms with Crippen LogP contribution in [-0.4, -0.2) is 41.2 Å². The second-order valence-electron chi connectivity index (χ2n) is 9.24. The Morgan fingerprint density at radius 3 is 2.32 bits per heavy atom. The van der Waals surface area contributed by atoms with Crippen molar-refractivity contribution in [3.05, 3.63) is 28.8 Å². The summed E-state index contributed by atoms with van der Waals surface area (Å²) in [5, 5.41) is 3.14. The summed E-state index contributed by atoms with van der Waals surface area (Å²) in [5.41, 5.74) is 1.37. The van der Waals surface area contributed by atoms with Crippen LogP contribution in [0.4, 0.5) is 5.69 Å². The summed E-state index contributed by atoms with van der Waals surface area (Å²) in [6, 6.07) is 4.06. The van der Waals surface area contributed by atoms with Gasteiger partial charge in [0.05, 0.1) is 11.8 Å². The summed E-state index contributed by atoms with van der Waals surface area (Å²) in [6.07, 6.45) is 2.87. The van der Waals surface area contributed by atoms with Gasteiger partial charge < -0.3 is 10.1 Å². The first-order valence-electron chi connectivity index (χ1n) is 10.8. The molecule has 0 spiro atoms. The van der Waals surface area contributed by atoms with Crippen LogP contribution in [0.15, 0.2) is 18.2 Å². The van der Waals surface area contributed by atoms with E-state index in [4.69, 9.17) is 16.3 Å². The lowest BCUT2D eigenvalue weighted by atomic mass is 9.81. The standard InChI is InChI=1S/C23H27ClN2O5/c1-11(2)20(26-21(28)18-13-5-6-14(8-13)19(18)22(26)29)23(30)31-10-17(27)25-15-7-4-12(3)16(24)9-15/h4,7,9,11,13-14,18-20H,5-6,8,10H2,1-3H3,(H,25,27)/t13-,14-,18-,19-,20-/m0/s1. The zero-order valence-corrected chi connectivity index (χ0v) is 18.6. The maximum absolute atomic E-state index is 13.1. The summed E-state index contributed by atoms with van der Waals surface area (Å²) < 4.78 is 5.22. The van der Waals surface area contributed by atoms with E-state index in [2.05, 4.69) is 5.32 Å². The molecule has 8 heteroatoms. The molecule has 3 fully saturated rings. The highest BCUT2D eigenvalue weighted by Gasteiger charge is 2.62. The van der Waals surface area contributed by atoms with Gasteiger partial charge in [-0.05, 0) is 61.6 Å². The van der Waals surface area contributed by atoms with Gasteiger partial charge in [0.25, 0.3) is 5.91 Å². The number of amides is 3. The molecule has 0 unspecified atom stereocenters. The molecule has 2 aliphatic carbocycles. The van der Waals surface area contributed by atoms with Crippen molar-refractivity contribution in [1.29, 1.82) is 0 Å². The van der Waals surface area contributed by atoms with Crippen LogP contribution in [0.2, 0.25) is 5.02 Å². The van der Waals surface area contributed by atoms with Gasteiger partial charge in [-0.25, -0.2) is 4.79 Å². The minimum absolute atomic E-state index is 0.243. The average Bonchev–Trinajstić information content (AvgIpc) is 3.39. The number of esters is 1. The number of nitrogens with one attached hydrogen (secondary N) is 1. The Labute approximate surface area is 186 Å². The fourth-order valence-corrected chi connectivity index (χ4v) is 5.65. The molecular formula is C23H27ClN2O5. The summed E-state index contributed by atoms with van der Waals surface area (Å²) in [6.45, 7) is 4.87. The molecule has 5 atom stereocenters. The minimum atomic E-state index is -1.02. The Bertz CT molecular complexity index is 918. The van der Waals surface area contributed by atoms with Gasteiger partial charge in [-0.3, -0.25) is 19.3 Å². The van der Waals surface area contributed by atoms with Crippen molar-refractivity contribution >= 4 is 41.0 Å². The number of carbonyl (C=O) groups is 4. The molecule has 1 aromatic carbocycles. The summed E-state index contributed by atoms with van der Waals surface area (Å²) in [4.78, 5) is 52.4. The molecule has 2 saturated carbocycles. The summed E-state index contributed by atoms with van der Waals surface area (Å²) in [5.74, 6) is -2.19. The van der Waals surface area contributed by atoms with Crippen LogP contribution >= 0.6 is 11.6 Å². The van der Waals surface area contributed by atoms with Gasteiger partial charge in [-0.1, -0.05) is 31.5 Å². The number of fused-ring (bicyclic) bond motifs is 5. The number of ether oxygens (including phenoxy) is 1. The molecule has 31 heavy (non-hydrogen) atoms. The first-order valence-corrected chi connectivity index (χ1v) is 11.2. The number of aryl methyl sites for hydroxylation is 1. The van der Waals surface area contributed by atoms with Crippen molar-refractivity contribution in [2.75, 3.05) is 11.9 Å². The van der Waals surface area contributed by atoms with Crippen molar-refractivity contribution in [2.24, 2.45) is 29.6 Å². The first-order chi connectivity index (χ1) is 14.7. The lowest BCUT2D eigenvalue weighted by Gasteiger charge is -2.28. The van der Waals surface area contributed by atoms with E-state index in [1.807, 2.05) is 6.92 Å². The van der Waals surface area contributed by atoms with Crippen LogP contribution in [0.1, 0.15) is 38.7 Å². The van der Waals surface area contributed by atoms with Gasteiger partial charge in [0, 0.05) is 10.7 Å². The van der Waals surface area contributed by atoms with Gasteiger partial charge >= 0.3 is 5.97 Å². The molecule has 166 valence electrons. The Kier molecular flexibility index (Phi) is 5.81. The number of hydrogen-bond acceptors (Lipinski definition) is 5. The number of rotatable bonds is 6. The molecule has 3 amide bonds. The number of halogens is 1. The number of likely N-dealkylation sites (tertiary alicyclic amines) is 1. The number of hydrogen-bond donors (Lipinski definition) is 1. The topological polar surface area (TPSA) is 92.8 Å². The van der Waals surface area contributed by atoms with Crippen molar-refractivity contribution in [2.45, 2.75) is 46.1 Å². The monoisotopic (exact) mass is 446 g/mol. The Morgan fingerprint density at radius 1 is 1.16 bits per heavy atom. The van der Waals surface area contributed by atoms with E-state index in [-0.39, 0.29) is 41.4 Å². The van der Waals surface area contributed by atoms with E-state index in [0.717, 1.165) is 29.7 Å². The molecule has 2 bridgehead atoms. The van der Waals surface area contributed by atoms with Crippen molar-refractivity contribution in [1.82, 2.24) is 4.90 Å². The number of anilines is 1. The molecule has 3 aliphatic rings. The minimum Gasteiger partial charge on any atom is -0.454 e. The Hall–Kier alpha value is -2.41. The number of benzene rings is 1. The van der Waals surface area contributed by atoms with Gasteiger partial charge in [0.15, 0.2) is 6.61 Å². The van der Waals surface area contributed by atoms with Crippen molar-refractivity contribution < 1.29 is 23.9 Å². The largest absolute Gasteiger partial charge is 0.454 e. The normalized spacial score (nSPS) is 27.6. The summed E-state index contributed by atoms with van der Waals surface area (Å²) in [7, 11) is 0. The molecule has 1 aliphatic heterocycles. The lowest BCUT2D eigenvalue weighted by Crippen LogP contribution is -2.50. The van der Waals surface area contributed by atoms with Gasteiger partial charge in [-0.15, -0.1) is 0 Å². The number of carbonyl (C=O) groups excluding carboxylic acids is 4. The van der Waals surface area contributed by atoms with Crippen LogP contribution in [0.5, 0.6) is 0 Å². The molecule has 1 N–H and O–H groups in total. The predicted molar refractivity (Wildman–Crippen MR) is 114 cm³/mol. The second kappa shape index (κ2) is 8.26.